The number of anilines is 1. The zero-order valence-corrected chi connectivity index (χ0v) is 13.8. The summed E-state index contributed by atoms with van der Waals surface area (Å²) in [4.78, 5) is 7.61. The summed E-state index contributed by atoms with van der Waals surface area (Å²) >= 11 is 0. The van der Waals surface area contributed by atoms with Crippen LogP contribution in [0.25, 0.3) is 11.0 Å². The summed E-state index contributed by atoms with van der Waals surface area (Å²) in [7, 11) is 0. The van der Waals surface area contributed by atoms with Gasteiger partial charge >= 0.3 is 0 Å². The fourth-order valence-electron chi connectivity index (χ4n) is 3.52. The molecule has 24 heavy (non-hydrogen) atoms. The zero-order valence-electron chi connectivity index (χ0n) is 13.8. The number of nitrogens with one attached hydrogen (secondary N) is 1. The molecular weight excluding hydrogens is 306 g/mol. The Morgan fingerprint density at radius 2 is 2.00 bits per heavy atom. The molecule has 7 heteroatoms. The quantitative estimate of drug-likeness (QED) is 0.499. The number of hydrogen-bond acceptors (Lipinski definition) is 6. The van der Waals surface area contributed by atoms with E-state index in [1.165, 1.54) is 11.1 Å². The summed E-state index contributed by atoms with van der Waals surface area (Å²) < 4.78 is 5.35. The molecule has 2 aliphatic rings. The van der Waals surface area contributed by atoms with Crippen LogP contribution in [0.4, 0.5) is 5.95 Å². The third-order valence-corrected chi connectivity index (χ3v) is 4.84. The molecule has 1 aromatic heterocycles. The van der Waals surface area contributed by atoms with Crippen molar-refractivity contribution in [2.24, 2.45) is 0 Å². The minimum absolute atomic E-state index is 0.414. The maximum absolute atomic E-state index is 12.2. The van der Waals surface area contributed by atoms with Gasteiger partial charge in [0.25, 0.3) is 11.5 Å². The Balaban J connectivity index is 1.40. The van der Waals surface area contributed by atoms with E-state index in [1.54, 1.807) is 0 Å². The largest absolute Gasteiger partial charge is 0.594 e. The van der Waals surface area contributed by atoms with Gasteiger partial charge in [-0.15, -0.1) is 0 Å². The Morgan fingerprint density at radius 3 is 2.83 bits per heavy atom. The van der Waals surface area contributed by atoms with Crippen molar-refractivity contribution in [1.29, 1.82) is 0 Å². The molecule has 1 saturated heterocycles. The van der Waals surface area contributed by atoms with Gasteiger partial charge in [-0.3, -0.25) is 4.90 Å². The van der Waals surface area contributed by atoms with Crippen molar-refractivity contribution < 1.29 is 9.58 Å². The normalized spacial score (nSPS) is 18.0. The molecule has 7 nitrogen and oxygen atoms in total. The van der Waals surface area contributed by atoms with Gasteiger partial charge in [0.2, 0.25) is 0 Å². The molecule has 0 unspecified atom stereocenters. The molecule has 0 spiro atoms. The van der Waals surface area contributed by atoms with Gasteiger partial charge in [0, 0.05) is 25.7 Å². The fourth-order valence-corrected chi connectivity index (χ4v) is 3.52. The number of aromatic nitrogens is 3. The molecule has 1 aliphatic carbocycles. The van der Waals surface area contributed by atoms with Crippen LogP contribution in [0.15, 0.2) is 12.1 Å². The Kier molecular flexibility index (Phi) is 4.44. The maximum Gasteiger partial charge on any atom is 0.290 e. The van der Waals surface area contributed by atoms with Gasteiger partial charge in [0.1, 0.15) is 5.52 Å². The lowest BCUT2D eigenvalue weighted by Gasteiger charge is -2.26. The third-order valence-electron chi connectivity index (χ3n) is 4.84. The molecule has 2 aromatic rings. The minimum atomic E-state index is 0.414. The lowest BCUT2D eigenvalue weighted by atomic mass is 10.1. The zero-order chi connectivity index (χ0) is 16.4. The number of ether oxygens (including phenoxy) is 1. The molecule has 4 rings (SSSR count). The van der Waals surface area contributed by atoms with Crippen molar-refractivity contribution in [2.45, 2.75) is 25.7 Å². The number of hydrogen-bond donors (Lipinski definition) is 1. The molecule has 1 aliphatic heterocycles. The number of morpholine rings is 1. The Hall–Kier alpha value is -1.99. The van der Waals surface area contributed by atoms with E-state index < -0.39 is 0 Å². The summed E-state index contributed by atoms with van der Waals surface area (Å²) in [5.74, 6) is 0.414. The second-order valence-electron chi connectivity index (χ2n) is 6.51. The van der Waals surface area contributed by atoms with Crippen LogP contribution in [0, 0.1) is 5.21 Å². The van der Waals surface area contributed by atoms with Crippen molar-refractivity contribution in [1.82, 2.24) is 15.0 Å². The van der Waals surface area contributed by atoms with Gasteiger partial charge in [-0.1, -0.05) is 0 Å². The highest BCUT2D eigenvalue weighted by Crippen LogP contribution is 2.25. The highest BCUT2D eigenvalue weighted by Gasteiger charge is 2.18. The summed E-state index contributed by atoms with van der Waals surface area (Å²) in [6.07, 6.45) is 4.28. The molecule has 0 atom stereocenters. The predicted molar refractivity (Wildman–Crippen MR) is 90.9 cm³/mol. The van der Waals surface area contributed by atoms with E-state index in [2.05, 4.69) is 20.3 Å². The van der Waals surface area contributed by atoms with Gasteiger partial charge in [-0.2, -0.15) is 0 Å². The van der Waals surface area contributed by atoms with E-state index in [0.717, 1.165) is 70.6 Å². The molecule has 0 saturated carbocycles. The summed E-state index contributed by atoms with van der Waals surface area (Å²) in [6.45, 7) is 5.42. The molecule has 0 radical (unpaired) electrons. The van der Waals surface area contributed by atoms with Crippen molar-refractivity contribution >= 4 is 17.0 Å². The molecule has 0 bridgehead atoms. The van der Waals surface area contributed by atoms with E-state index in [9.17, 15) is 5.21 Å². The van der Waals surface area contributed by atoms with E-state index >= 15 is 0 Å². The maximum atomic E-state index is 12.2. The van der Waals surface area contributed by atoms with Crippen LogP contribution in [0.5, 0.6) is 0 Å². The average molecular weight is 329 g/mol. The predicted octanol–water partition coefficient (Wildman–Crippen LogP) is 0.886. The first kappa shape index (κ1) is 15.5. The van der Waals surface area contributed by atoms with Gasteiger partial charge in [0.05, 0.1) is 18.3 Å². The van der Waals surface area contributed by atoms with E-state index in [1.807, 2.05) is 12.1 Å². The number of fused-ring (bicyclic) bond motifs is 2. The SMILES string of the molecule is [O-][n+]1nc(NCCCN2CCOCC2)nc2cc3c(cc21)CCC3. The van der Waals surface area contributed by atoms with E-state index in [-0.39, 0.29) is 0 Å². The number of rotatable bonds is 5. The number of nitrogens with zero attached hydrogens (tertiary/aromatic N) is 4. The lowest BCUT2D eigenvalue weighted by molar-refractivity contribution is -0.641. The van der Waals surface area contributed by atoms with Gasteiger partial charge in [-0.25, -0.2) is 4.98 Å². The molecular formula is C17H23N5O2. The van der Waals surface area contributed by atoms with Gasteiger partial charge < -0.3 is 15.3 Å². The van der Waals surface area contributed by atoms with Crippen LogP contribution in [0.1, 0.15) is 24.0 Å². The molecule has 1 aromatic carbocycles. The highest BCUT2D eigenvalue weighted by atomic mass is 16.5. The van der Waals surface area contributed by atoms with Crippen LogP contribution in [0.3, 0.4) is 0 Å². The second-order valence-corrected chi connectivity index (χ2v) is 6.51. The number of aryl methyl sites for hydroxylation is 2. The first-order valence-electron chi connectivity index (χ1n) is 8.77. The summed E-state index contributed by atoms with van der Waals surface area (Å²) in [6, 6.07) is 4.00. The Morgan fingerprint density at radius 1 is 1.21 bits per heavy atom. The lowest BCUT2D eigenvalue weighted by Crippen LogP contribution is -2.37. The van der Waals surface area contributed by atoms with Crippen LogP contribution in [-0.2, 0) is 17.6 Å². The van der Waals surface area contributed by atoms with Crippen LogP contribution in [0.2, 0.25) is 0 Å². The Labute approximate surface area is 141 Å². The Bertz CT molecular complexity index is 730. The van der Waals surface area contributed by atoms with Crippen molar-refractivity contribution in [3.63, 3.8) is 0 Å². The van der Waals surface area contributed by atoms with E-state index in [0.29, 0.717) is 16.3 Å². The first-order chi connectivity index (χ1) is 11.8. The van der Waals surface area contributed by atoms with Crippen LogP contribution >= 0.6 is 0 Å². The summed E-state index contributed by atoms with van der Waals surface area (Å²) in [5.41, 5.74) is 3.88. The van der Waals surface area contributed by atoms with Crippen molar-refractivity contribution in [2.75, 3.05) is 44.7 Å². The minimum Gasteiger partial charge on any atom is -0.594 e. The first-order valence-corrected chi connectivity index (χ1v) is 8.77. The van der Waals surface area contributed by atoms with Crippen molar-refractivity contribution in [3.8, 4) is 0 Å². The average Bonchev–Trinajstić information content (AvgIpc) is 3.05. The van der Waals surface area contributed by atoms with Crippen LogP contribution in [-0.4, -0.2) is 54.4 Å². The molecule has 0 amide bonds. The third kappa shape index (κ3) is 3.27. The monoisotopic (exact) mass is 329 g/mol. The molecule has 1 N–H and O–H groups in total. The topological polar surface area (TPSA) is 77.2 Å². The number of benzene rings is 1. The van der Waals surface area contributed by atoms with Crippen LogP contribution < -0.4 is 10.2 Å². The standard InChI is InChI=1S/C17H23N5O2/c23-22-16-12-14-4-1-3-13(14)11-15(16)19-17(20-22)18-5-2-6-21-7-9-24-10-8-21/h11-12H,1-10H2,(H,18,19,20). The highest BCUT2D eigenvalue weighted by molar-refractivity contribution is 5.74. The molecule has 2 heterocycles. The van der Waals surface area contributed by atoms with Crippen molar-refractivity contribution in [3.05, 3.63) is 28.5 Å². The van der Waals surface area contributed by atoms with Gasteiger partial charge in [0.15, 0.2) is 0 Å². The smallest absolute Gasteiger partial charge is 0.290 e. The van der Waals surface area contributed by atoms with Gasteiger partial charge in [-0.05, 0) is 54.3 Å². The fraction of sp³-hybridized carbons (Fsp3) is 0.588. The molecule has 1 fully saturated rings. The van der Waals surface area contributed by atoms with E-state index in [4.69, 9.17) is 4.74 Å². The molecule has 128 valence electrons. The second kappa shape index (κ2) is 6.86. The summed E-state index contributed by atoms with van der Waals surface area (Å²) in [5, 5.41) is 19.4.